The van der Waals surface area contributed by atoms with E-state index in [1.54, 1.807) is 23.1 Å². The Labute approximate surface area is 175 Å². The topological polar surface area (TPSA) is 61.8 Å². The van der Waals surface area contributed by atoms with Gasteiger partial charge in [-0.1, -0.05) is 18.2 Å². The fourth-order valence-corrected chi connectivity index (χ4v) is 3.64. The predicted molar refractivity (Wildman–Crippen MR) is 114 cm³/mol. The van der Waals surface area contributed by atoms with Crippen molar-refractivity contribution in [1.82, 2.24) is 14.9 Å². The maximum Gasteiger partial charge on any atom is 0.246 e. The number of amides is 1. The molecule has 2 aliphatic rings. The number of hydrogen-bond donors (Lipinski definition) is 0. The third-order valence-corrected chi connectivity index (χ3v) is 5.35. The van der Waals surface area contributed by atoms with Crippen LogP contribution in [0.5, 0.6) is 0 Å². The van der Waals surface area contributed by atoms with E-state index >= 15 is 0 Å². The van der Waals surface area contributed by atoms with Gasteiger partial charge in [0.1, 0.15) is 11.6 Å². The summed E-state index contributed by atoms with van der Waals surface area (Å²) in [5, 5.41) is 0. The first-order valence-corrected chi connectivity index (χ1v) is 10.2. The van der Waals surface area contributed by atoms with Crippen molar-refractivity contribution in [3.8, 4) is 0 Å². The Morgan fingerprint density at radius 1 is 1.03 bits per heavy atom. The first-order valence-electron chi connectivity index (χ1n) is 10.2. The van der Waals surface area contributed by atoms with Crippen LogP contribution in [0.25, 0.3) is 6.08 Å². The van der Waals surface area contributed by atoms with Gasteiger partial charge in [-0.25, -0.2) is 9.37 Å². The highest BCUT2D eigenvalue weighted by atomic mass is 19.1. The lowest BCUT2D eigenvalue weighted by molar-refractivity contribution is -0.126. The molecule has 30 heavy (non-hydrogen) atoms. The summed E-state index contributed by atoms with van der Waals surface area (Å²) in [6, 6.07) is 8.41. The highest BCUT2D eigenvalue weighted by Gasteiger charge is 2.22. The molecule has 2 aromatic rings. The van der Waals surface area contributed by atoms with Gasteiger partial charge in [-0.05, 0) is 19.1 Å². The molecular weight excluding hydrogens is 385 g/mol. The first kappa shape index (κ1) is 20.3. The van der Waals surface area contributed by atoms with Gasteiger partial charge in [0.15, 0.2) is 0 Å². The van der Waals surface area contributed by atoms with E-state index in [0.717, 1.165) is 30.5 Å². The number of morpholine rings is 1. The molecule has 2 saturated heterocycles. The minimum absolute atomic E-state index is 0.106. The van der Waals surface area contributed by atoms with E-state index in [1.165, 1.54) is 18.2 Å². The largest absolute Gasteiger partial charge is 0.378 e. The number of piperazine rings is 1. The van der Waals surface area contributed by atoms with Crippen LogP contribution in [0, 0.1) is 12.7 Å². The monoisotopic (exact) mass is 411 g/mol. The molecule has 1 aromatic heterocycles. The molecule has 2 fully saturated rings. The lowest BCUT2D eigenvalue weighted by atomic mass is 10.2. The Kier molecular flexibility index (Phi) is 6.23. The number of benzene rings is 1. The van der Waals surface area contributed by atoms with Gasteiger partial charge in [0.25, 0.3) is 0 Å². The van der Waals surface area contributed by atoms with Crippen LogP contribution in [0.4, 0.5) is 16.2 Å². The summed E-state index contributed by atoms with van der Waals surface area (Å²) < 4.78 is 19.1. The number of aromatic nitrogens is 2. The van der Waals surface area contributed by atoms with Crippen molar-refractivity contribution < 1.29 is 13.9 Å². The number of aryl methyl sites for hydroxylation is 1. The van der Waals surface area contributed by atoms with Crippen LogP contribution >= 0.6 is 0 Å². The first-order chi connectivity index (χ1) is 14.6. The van der Waals surface area contributed by atoms with Crippen molar-refractivity contribution in [1.29, 1.82) is 0 Å². The Morgan fingerprint density at radius 3 is 2.50 bits per heavy atom. The molecule has 158 valence electrons. The summed E-state index contributed by atoms with van der Waals surface area (Å²) in [5.41, 5.74) is 1.34. The Hall–Kier alpha value is -3.00. The Bertz CT molecular complexity index is 921. The van der Waals surface area contributed by atoms with Gasteiger partial charge in [0.05, 0.1) is 13.2 Å². The molecule has 8 heteroatoms. The number of halogens is 1. The van der Waals surface area contributed by atoms with Gasteiger partial charge < -0.3 is 19.4 Å². The Morgan fingerprint density at radius 2 is 1.77 bits per heavy atom. The molecule has 1 aromatic carbocycles. The summed E-state index contributed by atoms with van der Waals surface area (Å²) in [7, 11) is 0. The fourth-order valence-electron chi connectivity index (χ4n) is 3.64. The normalized spacial score (nSPS) is 17.6. The molecule has 0 spiro atoms. The van der Waals surface area contributed by atoms with Gasteiger partial charge in [0.2, 0.25) is 11.9 Å². The van der Waals surface area contributed by atoms with Gasteiger partial charge in [0, 0.05) is 62.7 Å². The summed E-state index contributed by atoms with van der Waals surface area (Å²) >= 11 is 0. The lowest BCUT2D eigenvalue weighted by Gasteiger charge is -2.35. The van der Waals surface area contributed by atoms with Crippen molar-refractivity contribution in [3.63, 3.8) is 0 Å². The number of carbonyl (C=O) groups is 1. The van der Waals surface area contributed by atoms with Gasteiger partial charge in [-0.15, -0.1) is 0 Å². The number of nitrogens with zero attached hydrogens (tertiary/aromatic N) is 5. The molecule has 0 bridgehead atoms. The SMILES string of the molecule is Cc1cc(N2CCN(C(=O)/C=C/c3ccccc3F)CC2)nc(N2CCOCC2)n1. The van der Waals surface area contributed by atoms with E-state index in [9.17, 15) is 9.18 Å². The number of hydrogen-bond acceptors (Lipinski definition) is 6. The van der Waals surface area contributed by atoms with Crippen LogP contribution in [0.2, 0.25) is 0 Å². The molecule has 0 saturated carbocycles. The van der Waals surface area contributed by atoms with E-state index < -0.39 is 0 Å². The third kappa shape index (κ3) is 4.76. The quantitative estimate of drug-likeness (QED) is 0.719. The van der Waals surface area contributed by atoms with Crippen LogP contribution in [-0.4, -0.2) is 73.3 Å². The van der Waals surface area contributed by atoms with E-state index in [0.29, 0.717) is 45.0 Å². The summed E-state index contributed by atoms with van der Waals surface area (Å²) in [5.74, 6) is 1.19. The number of rotatable bonds is 4. The molecule has 0 unspecified atom stereocenters. The number of ether oxygens (including phenoxy) is 1. The van der Waals surface area contributed by atoms with Crippen LogP contribution in [0.3, 0.4) is 0 Å². The predicted octanol–water partition coefficient (Wildman–Crippen LogP) is 2.12. The fraction of sp³-hybridized carbons (Fsp3) is 0.409. The maximum atomic E-state index is 13.7. The van der Waals surface area contributed by atoms with E-state index in [4.69, 9.17) is 9.72 Å². The smallest absolute Gasteiger partial charge is 0.246 e. The summed E-state index contributed by atoms with van der Waals surface area (Å²) in [6.45, 7) is 7.51. The third-order valence-electron chi connectivity index (χ3n) is 5.35. The molecule has 0 aliphatic carbocycles. The molecule has 4 rings (SSSR count). The highest BCUT2D eigenvalue weighted by molar-refractivity contribution is 5.92. The minimum Gasteiger partial charge on any atom is -0.378 e. The molecule has 2 aliphatic heterocycles. The van der Waals surface area contributed by atoms with Gasteiger partial charge in [-0.3, -0.25) is 4.79 Å². The highest BCUT2D eigenvalue weighted by Crippen LogP contribution is 2.20. The summed E-state index contributed by atoms with van der Waals surface area (Å²) in [4.78, 5) is 28.0. The number of carbonyl (C=O) groups excluding carboxylic acids is 1. The molecule has 7 nitrogen and oxygen atoms in total. The molecule has 0 atom stereocenters. The van der Waals surface area contributed by atoms with Crippen LogP contribution < -0.4 is 9.80 Å². The van der Waals surface area contributed by atoms with Crippen molar-refractivity contribution in [3.05, 3.63) is 53.5 Å². The van der Waals surface area contributed by atoms with Crippen LogP contribution in [-0.2, 0) is 9.53 Å². The van der Waals surface area contributed by atoms with Crippen molar-refractivity contribution in [2.45, 2.75) is 6.92 Å². The van der Waals surface area contributed by atoms with E-state index in [-0.39, 0.29) is 11.7 Å². The maximum absolute atomic E-state index is 13.7. The second-order valence-electron chi connectivity index (χ2n) is 7.43. The number of anilines is 2. The van der Waals surface area contributed by atoms with Crippen molar-refractivity contribution in [2.75, 3.05) is 62.3 Å². The van der Waals surface area contributed by atoms with Gasteiger partial charge >= 0.3 is 0 Å². The average Bonchev–Trinajstić information content (AvgIpc) is 2.78. The van der Waals surface area contributed by atoms with Crippen LogP contribution in [0.1, 0.15) is 11.3 Å². The second kappa shape index (κ2) is 9.21. The zero-order valence-electron chi connectivity index (χ0n) is 17.1. The second-order valence-corrected chi connectivity index (χ2v) is 7.43. The van der Waals surface area contributed by atoms with E-state index in [1.807, 2.05) is 13.0 Å². The molecule has 3 heterocycles. The Balaban J connectivity index is 1.38. The zero-order chi connectivity index (χ0) is 20.9. The average molecular weight is 411 g/mol. The lowest BCUT2D eigenvalue weighted by Crippen LogP contribution is -2.48. The standard InChI is InChI=1S/C22H26FN5O2/c1-17-16-20(25-22(24-17)28-12-14-30-15-13-28)26-8-10-27(11-9-26)21(29)7-6-18-4-2-3-5-19(18)23/h2-7,16H,8-15H2,1H3/b7-6+. The van der Waals surface area contributed by atoms with Crippen molar-refractivity contribution in [2.24, 2.45) is 0 Å². The van der Waals surface area contributed by atoms with Crippen molar-refractivity contribution >= 4 is 23.7 Å². The minimum atomic E-state index is -0.332. The van der Waals surface area contributed by atoms with Crippen LogP contribution in [0.15, 0.2) is 36.4 Å². The molecule has 1 amide bonds. The summed E-state index contributed by atoms with van der Waals surface area (Å²) in [6.07, 6.45) is 2.98. The van der Waals surface area contributed by atoms with Gasteiger partial charge in [-0.2, -0.15) is 4.98 Å². The molecular formula is C22H26FN5O2. The molecule has 0 N–H and O–H groups in total. The zero-order valence-corrected chi connectivity index (χ0v) is 17.1. The molecule has 0 radical (unpaired) electrons. The van der Waals surface area contributed by atoms with E-state index in [2.05, 4.69) is 14.8 Å².